The van der Waals surface area contributed by atoms with E-state index < -0.39 is 0 Å². The molecule has 0 saturated carbocycles. The average Bonchev–Trinajstić information content (AvgIpc) is 3.38. The highest BCUT2D eigenvalue weighted by Gasteiger charge is 2.31. The van der Waals surface area contributed by atoms with Gasteiger partial charge in [-0.3, -0.25) is 19.4 Å². The van der Waals surface area contributed by atoms with Crippen LogP contribution in [0.1, 0.15) is 41.5 Å². The normalized spacial score (nSPS) is 20.3. The molecular formula is C18H24N6O3. The van der Waals surface area contributed by atoms with Crippen molar-refractivity contribution in [3.8, 4) is 0 Å². The molecule has 4 heterocycles. The summed E-state index contributed by atoms with van der Waals surface area (Å²) in [4.78, 5) is 26.9. The van der Waals surface area contributed by atoms with E-state index in [0.717, 1.165) is 31.7 Å². The molecule has 2 aliphatic rings. The van der Waals surface area contributed by atoms with Crippen LogP contribution in [0.5, 0.6) is 0 Å². The van der Waals surface area contributed by atoms with Gasteiger partial charge in [-0.15, -0.1) is 0 Å². The zero-order valence-corrected chi connectivity index (χ0v) is 15.1. The second-order valence-corrected chi connectivity index (χ2v) is 7.14. The van der Waals surface area contributed by atoms with Gasteiger partial charge in [0, 0.05) is 38.7 Å². The molecule has 0 aliphatic carbocycles. The SMILES string of the molecule is O=C(C[C@@H]1CN(C(=O)c2ccn[nH]2)Cc2ccnn21)NCC1CCOCC1. The van der Waals surface area contributed by atoms with Crippen LogP contribution in [0.3, 0.4) is 0 Å². The molecule has 1 fully saturated rings. The third kappa shape index (κ3) is 4.02. The fraction of sp³-hybridized carbons (Fsp3) is 0.556. The second kappa shape index (κ2) is 7.91. The molecule has 144 valence electrons. The maximum Gasteiger partial charge on any atom is 0.272 e. The Bertz CT molecular complexity index is 781. The molecule has 1 atom stereocenters. The summed E-state index contributed by atoms with van der Waals surface area (Å²) in [6, 6.07) is 3.37. The van der Waals surface area contributed by atoms with Gasteiger partial charge in [0.15, 0.2) is 0 Å². The number of nitrogens with one attached hydrogen (secondary N) is 2. The van der Waals surface area contributed by atoms with Gasteiger partial charge in [0.2, 0.25) is 5.91 Å². The molecule has 0 spiro atoms. The Hall–Kier alpha value is -2.68. The molecule has 1 saturated heterocycles. The van der Waals surface area contributed by atoms with E-state index >= 15 is 0 Å². The molecule has 2 amide bonds. The van der Waals surface area contributed by atoms with Gasteiger partial charge in [0.05, 0.1) is 24.7 Å². The maximum atomic E-state index is 12.7. The van der Waals surface area contributed by atoms with Crippen LogP contribution in [0, 0.1) is 5.92 Å². The van der Waals surface area contributed by atoms with Crippen LogP contribution in [0.2, 0.25) is 0 Å². The van der Waals surface area contributed by atoms with Crippen LogP contribution in [0.4, 0.5) is 0 Å². The highest BCUT2D eigenvalue weighted by molar-refractivity contribution is 5.92. The van der Waals surface area contributed by atoms with Crippen molar-refractivity contribution in [2.45, 2.75) is 31.8 Å². The minimum absolute atomic E-state index is 0.0104. The molecule has 2 aliphatic heterocycles. The van der Waals surface area contributed by atoms with Crippen molar-refractivity contribution in [3.63, 3.8) is 0 Å². The number of H-pyrrole nitrogens is 1. The van der Waals surface area contributed by atoms with Crippen molar-refractivity contribution < 1.29 is 14.3 Å². The number of rotatable bonds is 5. The molecule has 9 nitrogen and oxygen atoms in total. The van der Waals surface area contributed by atoms with Crippen molar-refractivity contribution in [1.29, 1.82) is 0 Å². The third-order valence-electron chi connectivity index (χ3n) is 5.25. The largest absolute Gasteiger partial charge is 0.381 e. The fourth-order valence-electron chi connectivity index (χ4n) is 3.73. The standard InChI is InChI=1S/C18H24N6O3/c25-17(19-10-13-3-7-27-8-4-13)9-15-12-23(11-14-1-6-21-24(14)15)18(26)16-2-5-20-22-16/h1-2,5-6,13,15H,3-4,7-12H2,(H,19,25)(H,20,22)/t15-/m1/s1. The average molecular weight is 372 g/mol. The number of carbonyl (C=O) groups excluding carboxylic acids is 2. The Labute approximate surface area is 157 Å². The number of aromatic nitrogens is 4. The van der Waals surface area contributed by atoms with Crippen molar-refractivity contribution in [2.24, 2.45) is 5.92 Å². The highest BCUT2D eigenvalue weighted by atomic mass is 16.5. The minimum Gasteiger partial charge on any atom is -0.381 e. The van der Waals surface area contributed by atoms with Gasteiger partial charge in [-0.1, -0.05) is 0 Å². The highest BCUT2D eigenvalue weighted by Crippen LogP contribution is 2.24. The van der Waals surface area contributed by atoms with Gasteiger partial charge in [-0.25, -0.2) is 0 Å². The molecule has 4 rings (SSSR count). The first-order chi connectivity index (χ1) is 13.2. The van der Waals surface area contributed by atoms with E-state index in [2.05, 4.69) is 20.6 Å². The lowest BCUT2D eigenvalue weighted by Crippen LogP contribution is -2.43. The van der Waals surface area contributed by atoms with Gasteiger partial charge < -0.3 is 15.0 Å². The lowest BCUT2D eigenvalue weighted by Gasteiger charge is -2.33. The quantitative estimate of drug-likeness (QED) is 0.805. The van der Waals surface area contributed by atoms with E-state index in [-0.39, 0.29) is 17.9 Å². The topological polar surface area (TPSA) is 105 Å². The first kappa shape index (κ1) is 17.7. The Morgan fingerprint density at radius 2 is 2.11 bits per heavy atom. The Kier molecular flexibility index (Phi) is 5.19. The van der Waals surface area contributed by atoms with Gasteiger partial charge in [0.1, 0.15) is 5.69 Å². The lowest BCUT2D eigenvalue weighted by atomic mass is 10.0. The summed E-state index contributed by atoms with van der Waals surface area (Å²) in [5.74, 6) is 0.351. The predicted octanol–water partition coefficient (Wildman–Crippen LogP) is 0.736. The summed E-state index contributed by atoms with van der Waals surface area (Å²) in [6.07, 6.45) is 5.54. The number of ether oxygens (including phenoxy) is 1. The zero-order chi connectivity index (χ0) is 18.6. The lowest BCUT2D eigenvalue weighted by molar-refractivity contribution is -0.122. The van der Waals surface area contributed by atoms with E-state index in [1.807, 2.05) is 10.7 Å². The van der Waals surface area contributed by atoms with Gasteiger partial charge in [0.25, 0.3) is 5.91 Å². The van der Waals surface area contributed by atoms with E-state index in [4.69, 9.17) is 4.74 Å². The Balaban J connectivity index is 1.39. The van der Waals surface area contributed by atoms with Crippen LogP contribution in [-0.4, -0.2) is 63.0 Å². The number of amides is 2. The number of carbonyl (C=O) groups is 2. The summed E-state index contributed by atoms with van der Waals surface area (Å²) in [7, 11) is 0. The molecule has 0 unspecified atom stereocenters. The number of aromatic amines is 1. The summed E-state index contributed by atoms with van der Waals surface area (Å²) in [6.45, 7) is 3.13. The molecule has 0 aromatic carbocycles. The van der Waals surface area contributed by atoms with Crippen molar-refractivity contribution in [2.75, 3.05) is 26.3 Å². The number of hydrogen-bond acceptors (Lipinski definition) is 5. The van der Waals surface area contributed by atoms with Crippen LogP contribution >= 0.6 is 0 Å². The second-order valence-electron chi connectivity index (χ2n) is 7.14. The smallest absolute Gasteiger partial charge is 0.272 e. The van der Waals surface area contributed by atoms with Crippen molar-refractivity contribution in [3.05, 3.63) is 35.9 Å². The fourth-order valence-corrected chi connectivity index (χ4v) is 3.73. The van der Waals surface area contributed by atoms with E-state index in [1.165, 1.54) is 0 Å². The van der Waals surface area contributed by atoms with E-state index in [1.54, 1.807) is 23.4 Å². The molecule has 9 heteroatoms. The number of hydrogen-bond donors (Lipinski definition) is 2. The summed E-state index contributed by atoms with van der Waals surface area (Å²) in [5, 5.41) is 14.0. The molecule has 2 N–H and O–H groups in total. The van der Waals surface area contributed by atoms with Crippen LogP contribution < -0.4 is 5.32 Å². The monoisotopic (exact) mass is 372 g/mol. The molecule has 0 radical (unpaired) electrons. The van der Waals surface area contributed by atoms with Gasteiger partial charge in [-0.05, 0) is 30.9 Å². The predicted molar refractivity (Wildman–Crippen MR) is 95.8 cm³/mol. The minimum atomic E-state index is -0.176. The van der Waals surface area contributed by atoms with Crippen molar-refractivity contribution in [1.82, 2.24) is 30.2 Å². The molecule has 2 aromatic rings. The third-order valence-corrected chi connectivity index (χ3v) is 5.25. The van der Waals surface area contributed by atoms with E-state index in [9.17, 15) is 9.59 Å². The molecule has 2 aromatic heterocycles. The first-order valence-corrected chi connectivity index (χ1v) is 9.36. The van der Waals surface area contributed by atoms with Crippen LogP contribution in [0.15, 0.2) is 24.5 Å². The van der Waals surface area contributed by atoms with Gasteiger partial charge in [-0.2, -0.15) is 10.2 Å². The molecule has 0 bridgehead atoms. The Morgan fingerprint density at radius 1 is 1.26 bits per heavy atom. The van der Waals surface area contributed by atoms with Crippen LogP contribution in [0.25, 0.3) is 0 Å². The zero-order valence-electron chi connectivity index (χ0n) is 15.1. The maximum absolute atomic E-state index is 12.7. The van der Waals surface area contributed by atoms with Crippen LogP contribution in [-0.2, 0) is 16.1 Å². The first-order valence-electron chi connectivity index (χ1n) is 9.36. The molecule has 27 heavy (non-hydrogen) atoms. The van der Waals surface area contributed by atoms with E-state index in [0.29, 0.717) is 37.7 Å². The van der Waals surface area contributed by atoms with Gasteiger partial charge >= 0.3 is 0 Å². The number of fused-ring (bicyclic) bond motifs is 1. The summed E-state index contributed by atoms with van der Waals surface area (Å²) >= 11 is 0. The summed E-state index contributed by atoms with van der Waals surface area (Å²) < 4.78 is 7.22. The van der Waals surface area contributed by atoms with Crippen molar-refractivity contribution >= 4 is 11.8 Å². The Morgan fingerprint density at radius 3 is 2.89 bits per heavy atom. The summed E-state index contributed by atoms with van der Waals surface area (Å²) in [5.41, 5.74) is 1.38. The number of nitrogens with zero attached hydrogens (tertiary/aromatic N) is 4. The molecular weight excluding hydrogens is 348 g/mol.